The van der Waals surface area contributed by atoms with Crippen LogP contribution in [-0.2, 0) is 11.3 Å². The van der Waals surface area contributed by atoms with Crippen LogP contribution in [0.2, 0.25) is 0 Å². The van der Waals surface area contributed by atoms with Gasteiger partial charge in [-0.1, -0.05) is 24.3 Å². The van der Waals surface area contributed by atoms with Crippen LogP contribution >= 0.6 is 0 Å². The molecule has 6 nitrogen and oxygen atoms in total. The molecule has 1 N–H and O–H groups in total. The Morgan fingerprint density at radius 2 is 1.79 bits per heavy atom. The zero-order chi connectivity index (χ0) is 27.7. The highest BCUT2D eigenvalue weighted by Gasteiger charge is 2.43. The molecule has 39 heavy (non-hydrogen) atoms. The largest absolute Gasteiger partial charge is 0.497 e. The molecule has 2 aromatic carbocycles. The van der Waals surface area contributed by atoms with Gasteiger partial charge in [-0.25, -0.2) is 9.37 Å². The number of alkyl halides is 4. The van der Waals surface area contributed by atoms with E-state index in [1.54, 1.807) is 43.5 Å². The molecule has 1 amide bonds. The number of carbonyl (C=O) groups is 1. The first-order chi connectivity index (χ1) is 18.6. The topological polar surface area (TPSA) is 76.5 Å². The summed E-state index contributed by atoms with van der Waals surface area (Å²) in [5.74, 6) is -0.0736. The molecule has 0 unspecified atom stereocenters. The lowest BCUT2D eigenvalue weighted by atomic mass is 9.99. The first-order valence-corrected chi connectivity index (χ1v) is 12.2. The van der Waals surface area contributed by atoms with Crippen molar-refractivity contribution in [3.63, 3.8) is 0 Å². The molecule has 0 spiro atoms. The highest BCUT2D eigenvalue weighted by Crippen LogP contribution is 2.35. The summed E-state index contributed by atoms with van der Waals surface area (Å²) >= 11 is 0. The lowest BCUT2D eigenvalue weighted by molar-refractivity contribution is -0.117. The summed E-state index contributed by atoms with van der Waals surface area (Å²) < 4.78 is 59.9. The molecular formula is C29H24F4N4O2. The number of nitrogens with one attached hydrogen (secondary N) is 1. The number of methoxy groups -OCH3 is 1. The average Bonchev–Trinajstić information content (AvgIpc) is 3.65. The smallest absolute Gasteiger partial charge is 0.435 e. The third kappa shape index (κ3) is 5.89. The molecule has 0 bridgehead atoms. The second kappa shape index (κ2) is 10.4. The van der Waals surface area contributed by atoms with Gasteiger partial charge in [0.1, 0.15) is 17.7 Å². The maximum absolute atomic E-state index is 13.9. The molecule has 10 heteroatoms. The van der Waals surface area contributed by atoms with Crippen molar-refractivity contribution in [2.75, 3.05) is 12.4 Å². The van der Waals surface area contributed by atoms with Gasteiger partial charge >= 0.3 is 6.18 Å². The molecule has 1 aliphatic rings. The van der Waals surface area contributed by atoms with E-state index >= 15 is 0 Å². The van der Waals surface area contributed by atoms with Crippen LogP contribution in [0.5, 0.6) is 5.75 Å². The zero-order valence-electron chi connectivity index (χ0n) is 21.1. The molecule has 2 heterocycles. The number of amides is 1. The number of aromatic nitrogens is 2. The summed E-state index contributed by atoms with van der Waals surface area (Å²) in [5, 5.41) is 4.19. The van der Waals surface area contributed by atoms with Crippen LogP contribution in [0.1, 0.15) is 23.2 Å². The molecule has 0 aliphatic heterocycles. The molecule has 4 aromatic rings. The van der Waals surface area contributed by atoms with Crippen LogP contribution in [-0.4, -0.2) is 41.0 Å². The van der Waals surface area contributed by atoms with E-state index in [1.165, 1.54) is 19.4 Å². The van der Waals surface area contributed by atoms with Gasteiger partial charge in [0.15, 0.2) is 5.71 Å². The Hall–Kier alpha value is -4.34. The molecule has 200 valence electrons. The van der Waals surface area contributed by atoms with E-state index in [4.69, 9.17) is 4.74 Å². The van der Waals surface area contributed by atoms with Gasteiger partial charge in [0.2, 0.25) is 5.91 Å². The summed E-state index contributed by atoms with van der Waals surface area (Å²) in [4.78, 5) is 24.2. The van der Waals surface area contributed by atoms with Crippen molar-refractivity contribution < 1.29 is 27.1 Å². The zero-order valence-corrected chi connectivity index (χ0v) is 21.1. The van der Waals surface area contributed by atoms with Gasteiger partial charge < -0.3 is 10.1 Å². The number of carbonyl (C=O) groups excluding carboxylic acids is 1. The van der Waals surface area contributed by atoms with Crippen LogP contribution in [0, 0.1) is 12.8 Å². The van der Waals surface area contributed by atoms with Gasteiger partial charge in [0.25, 0.3) is 0 Å². The van der Waals surface area contributed by atoms with E-state index in [-0.39, 0.29) is 18.7 Å². The number of hydrogen-bond acceptors (Lipinski definition) is 5. The van der Waals surface area contributed by atoms with Crippen molar-refractivity contribution >= 4 is 28.2 Å². The van der Waals surface area contributed by atoms with E-state index < -0.39 is 29.9 Å². The summed E-state index contributed by atoms with van der Waals surface area (Å²) in [7, 11) is 1.51. The number of ether oxygens (including phenoxy) is 1. The van der Waals surface area contributed by atoms with Gasteiger partial charge in [-0.2, -0.15) is 13.2 Å². The van der Waals surface area contributed by atoms with Crippen molar-refractivity contribution in [1.82, 2.24) is 9.97 Å². The molecule has 0 radical (unpaired) electrons. The lowest BCUT2D eigenvalue weighted by Crippen LogP contribution is -2.25. The predicted molar refractivity (Wildman–Crippen MR) is 141 cm³/mol. The number of aryl methyl sites for hydroxylation is 1. The Kier molecular flexibility index (Phi) is 7.03. The van der Waals surface area contributed by atoms with E-state index in [9.17, 15) is 22.4 Å². The number of anilines is 1. The summed E-state index contributed by atoms with van der Waals surface area (Å²) in [6, 6.07) is 15.2. The van der Waals surface area contributed by atoms with Crippen LogP contribution in [0.3, 0.4) is 0 Å². The maximum atomic E-state index is 13.9. The highest BCUT2D eigenvalue weighted by atomic mass is 19.4. The number of fused-ring (bicyclic) bond motifs is 1. The van der Waals surface area contributed by atoms with Crippen molar-refractivity contribution in [3.05, 3.63) is 83.8 Å². The standard InChI is InChI=1S/C29H24F4N4O2/c1-16-9-25(27(29(31,32)33)36-13-17-3-7-21(39-2)8-4-17)34-15-23(16)19-6-5-18-11-26(35-14-20(18)10-19)37-28(38)22-12-24(22)30/h3-11,14-15,22,24H,12-13H2,1-2H3,(H,35,37,38)/t22-,24+/m1/s1. The number of rotatable bonds is 7. The number of benzene rings is 2. The highest BCUT2D eigenvalue weighted by molar-refractivity contribution is 6.03. The van der Waals surface area contributed by atoms with Gasteiger partial charge in [-0.15, -0.1) is 0 Å². The Morgan fingerprint density at radius 3 is 2.44 bits per heavy atom. The second-order valence-electron chi connectivity index (χ2n) is 9.37. The first-order valence-electron chi connectivity index (χ1n) is 12.2. The SMILES string of the molecule is COc1ccc(CN=C(c2cc(C)c(-c3ccc4cc(NC(=O)[C@@H]5C[C@@H]5F)ncc4c3)cn2)C(F)(F)F)cc1. The van der Waals surface area contributed by atoms with E-state index in [2.05, 4.69) is 20.3 Å². The Balaban J connectivity index is 1.38. The average molecular weight is 537 g/mol. The van der Waals surface area contributed by atoms with Gasteiger partial charge in [-0.3, -0.25) is 14.8 Å². The fourth-order valence-electron chi connectivity index (χ4n) is 4.24. The van der Waals surface area contributed by atoms with E-state index in [1.807, 2.05) is 18.2 Å². The maximum Gasteiger partial charge on any atom is 0.435 e. The number of hydrogen-bond donors (Lipinski definition) is 1. The number of pyridine rings is 2. The molecule has 2 aromatic heterocycles. The minimum atomic E-state index is -4.68. The van der Waals surface area contributed by atoms with Crippen LogP contribution < -0.4 is 10.1 Å². The Bertz CT molecular complexity index is 1570. The Labute approximate surface area is 221 Å². The minimum absolute atomic E-state index is 0.156. The van der Waals surface area contributed by atoms with E-state index in [0.717, 1.165) is 16.3 Å². The number of nitrogens with zero attached hydrogens (tertiary/aromatic N) is 3. The predicted octanol–water partition coefficient (Wildman–Crippen LogP) is 6.46. The van der Waals surface area contributed by atoms with Crippen LogP contribution in [0.15, 0.2) is 72.0 Å². The number of halogens is 4. The molecule has 0 saturated heterocycles. The van der Waals surface area contributed by atoms with Gasteiger partial charge in [-0.05, 0) is 65.8 Å². The summed E-state index contributed by atoms with van der Waals surface area (Å²) in [6.45, 7) is 1.56. The molecule has 1 fully saturated rings. The Morgan fingerprint density at radius 1 is 1.05 bits per heavy atom. The third-order valence-electron chi connectivity index (χ3n) is 6.53. The molecule has 5 rings (SSSR count). The summed E-state index contributed by atoms with van der Waals surface area (Å²) in [6.07, 6.45) is -2.55. The second-order valence-corrected chi connectivity index (χ2v) is 9.37. The van der Waals surface area contributed by atoms with Gasteiger partial charge in [0.05, 0.1) is 25.3 Å². The number of aliphatic imine (C=N–C) groups is 1. The lowest BCUT2D eigenvalue weighted by Gasteiger charge is -2.13. The van der Waals surface area contributed by atoms with E-state index in [0.29, 0.717) is 28.3 Å². The summed E-state index contributed by atoms with van der Waals surface area (Å²) in [5.41, 5.74) is 1.32. The van der Waals surface area contributed by atoms with Crippen LogP contribution in [0.25, 0.3) is 21.9 Å². The van der Waals surface area contributed by atoms with Crippen molar-refractivity contribution in [2.45, 2.75) is 32.2 Å². The minimum Gasteiger partial charge on any atom is -0.497 e. The molecule has 2 atom stereocenters. The molecule has 1 saturated carbocycles. The fraction of sp³-hybridized carbons (Fsp3) is 0.241. The van der Waals surface area contributed by atoms with Crippen molar-refractivity contribution in [2.24, 2.45) is 10.9 Å². The first kappa shape index (κ1) is 26.3. The fourth-order valence-corrected chi connectivity index (χ4v) is 4.24. The van der Waals surface area contributed by atoms with Crippen molar-refractivity contribution in [3.8, 4) is 16.9 Å². The third-order valence-corrected chi connectivity index (χ3v) is 6.53. The molecule has 1 aliphatic carbocycles. The van der Waals surface area contributed by atoms with Crippen molar-refractivity contribution in [1.29, 1.82) is 0 Å². The quantitative estimate of drug-likeness (QED) is 0.217. The molecular weight excluding hydrogens is 512 g/mol. The van der Waals surface area contributed by atoms with Gasteiger partial charge in [0, 0.05) is 23.3 Å². The van der Waals surface area contributed by atoms with Crippen LogP contribution in [0.4, 0.5) is 23.4 Å². The monoisotopic (exact) mass is 536 g/mol. The normalized spacial score (nSPS) is 17.2.